The minimum absolute atomic E-state index is 0.132. The summed E-state index contributed by atoms with van der Waals surface area (Å²) in [7, 11) is 0. The zero-order chi connectivity index (χ0) is 5.44. The fourth-order valence-corrected chi connectivity index (χ4v) is 0.719. The molecule has 0 radical (unpaired) electrons. The summed E-state index contributed by atoms with van der Waals surface area (Å²) in [5.41, 5.74) is 4.95. The molecular formula is C5H9NO. The summed E-state index contributed by atoms with van der Waals surface area (Å²) < 4.78 is 0. The molecule has 1 saturated carbocycles. The molecule has 0 saturated heterocycles. The van der Waals surface area contributed by atoms with E-state index in [1.807, 2.05) is 6.92 Å². The summed E-state index contributed by atoms with van der Waals surface area (Å²) in [6, 6.07) is 0. The SMILES string of the molecule is C[C@@H]1C[C@@H]1C(N)=O. The van der Waals surface area contributed by atoms with Gasteiger partial charge in [-0.2, -0.15) is 0 Å². The van der Waals surface area contributed by atoms with E-state index in [4.69, 9.17) is 5.73 Å². The first-order chi connectivity index (χ1) is 3.22. The quantitative estimate of drug-likeness (QED) is 0.498. The molecule has 1 fully saturated rings. The smallest absolute Gasteiger partial charge is 0.220 e. The molecule has 2 heteroatoms. The van der Waals surface area contributed by atoms with Crippen molar-refractivity contribution in [2.45, 2.75) is 13.3 Å². The molecule has 0 aromatic heterocycles. The van der Waals surface area contributed by atoms with Gasteiger partial charge in [0.15, 0.2) is 0 Å². The lowest BCUT2D eigenvalue weighted by atomic mass is 10.3. The molecule has 40 valence electrons. The van der Waals surface area contributed by atoms with Crippen LogP contribution in [-0.2, 0) is 4.79 Å². The van der Waals surface area contributed by atoms with Crippen LogP contribution < -0.4 is 5.73 Å². The van der Waals surface area contributed by atoms with Crippen LogP contribution in [0.15, 0.2) is 0 Å². The highest BCUT2D eigenvalue weighted by atomic mass is 16.1. The van der Waals surface area contributed by atoms with Crippen LogP contribution in [0.3, 0.4) is 0 Å². The number of carbonyl (C=O) groups is 1. The number of nitrogens with two attached hydrogens (primary N) is 1. The predicted molar refractivity (Wildman–Crippen MR) is 26.5 cm³/mol. The Bertz CT molecular complexity index is 100. The molecule has 0 bridgehead atoms. The van der Waals surface area contributed by atoms with Crippen molar-refractivity contribution in [1.29, 1.82) is 0 Å². The summed E-state index contributed by atoms with van der Waals surface area (Å²) in [5.74, 6) is 0.644. The molecule has 1 aliphatic rings. The Hall–Kier alpha value is -0.530. The number of carbonyl (C=O) groups excluding carboxylic acids is 1. The van der Waals surface area contributed by atoms with E-state index in [1.54, 1.807) is 0 Å². The van der Waals surface area contributed by atoms with Crippen molar-refractivity contribution in [2.75, 3.05) is 0 Å². The van der Waals surface area contributed by atoms with Crippen molar-refractivity contribution < 1.29 is 4.79 Å². The summed E-state index contributed by atoms with van der Waals surface area (Å²) >= 11 is 0. The number of rotatable bonds is 1. The Morgan fingerprint density at radius 1 is 1.86 bits per heavy atom. The Balaban J connectivity index is 2.33. The molecule has 2 N–H and O–H groups in total. The maximum absolute atomic E-state index is 10.2. The van der Waals surface area contributed by atoms with E-state index < -0.39 is 0 Å². The van der Waals surface area contributed by atoms with Gasteiger partial charge in [-0.15, -0.1) is 0 Å². The number of primary amides is 1. The molecular weight excluding hydrogens is 90.1 g/mol. The maximum Gasteiger partial charge on any atom is 0.220 e. The van der Waals surface area contributed by atoms with Gasteiger partial charge < -0.3 is 5.73 Å². The second kappa shape index (κ2) is 1.22. The van der Waals surface area contributed by atoms with Gasteiger partial charge in [-0.1, -0.05) is 6.92 Å². The van der Waals surface area contributed by atoms with Gasteiger partial charge in [-0.05, 0) is 12.3 Å². The van der Waals surface area contributed by atoms with Crippen molar-refractivity contribution in [2.24, 2.45) is 17.6 Å². The van der Waals surface area contributed by atoms with Gasteiger partial charge in [0.1, 0.15) is 0 Å². The maximum atomic E-state index is 10.2. The standard InChI is InChI=1S/C5H9NO/c1-3-2-4(3)5(6)7/h3-4H,2H2,1H3,(H2,6,7)/t3-,4+/m1/s1. The largest absolute Gasteiger partial charge is 0.369 e. The topological polar surface area (TPSA) is 43.1 Å². The lowest BCUT2D eigenvalue weighted by molar-refractivity contribution is -0.119. The van der Waals surface area contributed by atoms with Gasteiger partial charge in [0.25, 0.3) is 0 Å². The normalized spacial score (nSPS) is 37.9. The molecule has 0 heterocycles. The minimum atomic E-state index is -0.132. The number of hydrogen-bond acceptors (Lipinski definition) is 1. The third kappa shape index (κ3) is 0.734. The van der Waals surface area contributed by atoms with E-state index in [0.29, 0.717) is 5.92 Å². The van der Waals surface area contributed by atoms with E-state index in [1.165, 1.54) is 0 Å². The fraction of sp³-hybridized carbons (Fsp3) is 0.800. The van der Waals surface area contributed by atoms with Crippen LogP contribution in [-0.4, -0.2) is 5.91 Å². The van der Waals surface area contributed by atoms with Gasteiger partial charge >= 0.3 is 0 Å². The average molecular weight is 99.1 g/mol. The molecule has 2 nitrogen and oxygen atoms in total. The fourth-order valence-electron chi connectivity index (χ4n) is 0.719. The van der Waals surface area contributed by atoms with E-state index in [0.717, 1.165) is 6.42 Å². The van der Waals surface area contributed by atoms with Crippen LogP contribution in [0.1, 0.15) is 13.3 Å². The van der Waals surface area contributed by atoms with Crippen molar-refractivity contribution in [3.63, 3.8) is 0 Å². The van der Waals surface area contributed by atoms with Crippen molar-refractivity contribution in [3.05, 3.63) is 0 Å². The lowest BCUT2D eigenvalue weighted by Crippen LogP contribution is -2.13. The van der Waals surface area contributed by atoms with Gasteiger partial charge in [0, 0.05) is 5.92 Å². The van der Waals surface area contributed by atoms with E-state index >= 15 is 0 Å². The molecule has 1 aliphatic carbocycles. The average Bonchev–Trinajstić information content (AvgIpc) is 2.17. The molecule has 1 rings (SSSR count). The molecule has 2 atom stereocenters. The van der Waals surface area contributed by atoms with Gasteiger partial charge in [0.05, 0.1) is 0 Å². The Morgan fingerprint density at radius 3 is 2.29 bits per heavy atom. The van der Waals surface area contributed by atoms with Crippen molar-refractivity contribution in [3.8, 4) is 0 Å². The molecule has 0 aromatic rings. The Labute approximate surface area is 42.7 Å². The highest BCUT2D eigenvalue weighted by Crippen LogP contribution is 2.36. The second-order valence-corrected chi connectivity index (χ2v) is 2.22. The first-order valence-corrected chi connectivity index (χ1v) is 2.51. The van der Waals surface area contributed by atoms with Crippen LogP contribution in [0.4, 0.5) is 0 Å². The van der Waals surface area contributed by atoms with Crippen molar-refractivity contribution >= 4 is 5.91 Å². The minimum Gasteiger partial charge on any atom is -0.369 e. The van der Waals surface area contributed by atoms with Crippen molar-refractivity contribution in [1.82, 2.24) is 0 Å². The molecule has 7 heavy (non-hydrogen) atoms. The lowest BCUT2D eigenvalue weighted by Gasteiger charge is -1.81. The number of amides is 1. The first kappa shape index (κ1) is 4.62. The summed E-state index contributed by atoms with van der Waals surface area (Å²) in [6.07, 6.45) is 1.01. The number of hydrogen-bond donors (Lipinski definition) is 1. The molecule has 0 spiro atoms. The van der Waals surface area contributed by atoms with Crippen LogP contribution >= 0.6 is 0 Å². The Kier molecular flexibility index (Phi) is 0.805. The molecule has 0 aromatic carbocycles. The van der Waals surface area contributed by atoms with Crippen LogP contribution in [0, 0.1) is 11.8 Å². The first-order valence-electron chi connectivity index (χ1n) is 2.51. The third-order valence-corrected chi connectivity index (χ3v) is 1.47. The highest BCUT2D eigenvalue weighted by molar-refractivity contribution is 5.79. The van der Waals surface area contributed by atoms with E-state index in [-0.39, 0.29) is 11.8 Å². The Morgan fingerprint density at radius 2 is 2.29 bits per heavy atom. The molecule has 0 unspecified atom stereocenters. The van der Waals surface area contributed by atoms with Crippen LogP contribution in [0.25, 0.3) is 0 Å². The molecule has 1 amide bonds. The zero-order valence-electron chi connectivity index (χ0n) is 4.35. The predicted octanol–water partition coefficient (Wildman–Crippen LogP) is 0.128. The highest BCUT2D eigenvalue weighted by Gasteiger charge is 2.37. The van der Waals surface area contributed by atoms with Crippen LogP contribution in [0.5, 0.6) is 0 Å². The summed E-state index contributed by atoms with van der Waals surface area (Å²) in [5, 5.41) is 0. The van der Waals surface area contributed by atoms with Gasteiger partial charge in [0.2, 0.25) is 5.91 Å². The third-order valence-electron chi connectivity index (χ3n) is 1.47. The summed E-state index contributed by atoms with van der Waals surface area (Å²) in [6.45, 7) is 2.04. The summed E-state index contributed by atoms with van der Waals surface area (Å²) in [4.78, 5) is 10.2. The zero-order valence-corrected chi connectivity index (χ0v) is 4.35. The van der Waals surface area contributed by atoms with Gasteiger partial charge in [-0.25, -0.2) is 0 Å². The second-order valence-electron chi connectivity index (χ2n) is 2.22. The molecule has 0 aliphatic heterocycles. The van der Waals surface area contributed by atoms with E-state index in [2.05, 4.69) is 0 Å². The van der Waals surface area contributed by atoms with Gasteiger partial charge in [-0.3, -0.25) is 4.79 Å². The van der Waals surface area contributed by atoms with E-state index in [9.17, 15) is 4.79 Å². The monoisotopic (exact) mass is 99.1 g/mol. The van der Waals surface area contributed by atoms with Crippen LogP contribution in [0.2, 0.25) is 0 Å².